The summed E-state index contributed by atoms with van der Waals surface area (Å²) in [4.78, 5) is 0. The van der Waals surface area contributed by atoms with Gasteiger partial charge in [0.25, 0.3) is 15.2 Å². The highest BCUT2D eigenvalue weighted by Gasteiger charge is 2.21. The van der Waals surface area contributed by atoms with Gasteiger partial charge in [0.1, 0.15) is 5.82 Å². The van der Waals surface area contributed by atoms with Crippen molar-refractivity contribution in [2.75, 3.05) is 13.2 Å². The SMILES string of the molecule is CCOCCCc1nnc(S(N)(=O)=O)n1-c1ccccc1. The minimum absolute atomic E-state index is 0.250. The Morgan fingerprint density at radius 2 is 1.95 bits per heavy atom. The number of hydrogen-bond donors (Lipinski definition) is 1. The van der Waals surface area contributed by atoms with Crippen LogP contribution in [0.5, 0.6) is 0 Å². The Balaban J connectivity index is 2.36. The molecular weight excluding hydrogens is 292 g/mol. The molecule has 0 aliphatic heterocycles. The summed E-state index contributed by atoms with van der Waals surface area (Å²) in [6.45, 7) is 3.15. The molecule has 1 aromatic heterocycles. The van der Waals surface area contributed by atoms with Crippen molar-refractivity contribution < 1.29 is 13.2 Å². The number of primary sulfonamides is 1. The van der Waals surface area contributed by atoms with Crippen LogP contribution in [-0.4, -0.2) is 36.4 Å². The summed E-state index contributed by atoms with van der Waals surface area (Å²) in [5, 5.41) is 12.6. The second kappa shape index (κ2) is 6.79. The van der Waals surface area contributed by atoms with Crippen LogP contribution in [0.25, 0.3) is 5.69 Å². The zero-order valence-corrected chi connectivity index (χ0v) is 12.6. The first-order chi connectivity index (χ1) is 10.0. The van der Waals surface area contributed by atoms with E-state index < -0.39 is 10.0 Å². The summed E-state index contributed by atoms with van der Waals surface area (Å²) in [6, 6.07) is 9.03. The van der Waals surface area contributed by atoms with Crippen molar-refractivity contribution >= 4 is 10.0 Å². The fourth-order valence-electron chi connectivity index (χ4n) is 1.96. The molecule has 0 aliphatic rings. The van der Waals surface area contributed by atoms with Gasteiger partial charge in [0.2, 0.25) is 0 Å². The van der Waals surface area contributed by atoms with E-state index in [9.17, 15) is 8.42 Å². The monoisotopic (exact) mass is 310 g/mol. The molecule has 1 heterocycles. The van der Waals surface area contributed by atoms with Crippen molar-refractivity contribution in [3.8, 4) is 5.69 Å². The number of nitrogens with zero attached hydrogens (tertiary/aromatic N) is 3. The first kappa shape index (κ1) is 15.6. The van der Waals surface area contributed by atoms with Gasteiger partial charge in [0.05, 0.1) is 0 Å². The Kier molecular flexibility index (Phi) is 5.05. The van der Waals surface area contributed by atoms with E-state index in [1.165, 1.54) is 4.57 Å². The number of aryl methyl sites for hydroxylation is 1. The van der Waals surface area contributed by atoms with Crippen molar-refractivity contribution in [2.24, 2.45) is 5.14 Å². The highest BCUT2D eigenvalue weighted by atomic mass is 32.2. The van der Waals surface area contributed by atoms with Crippen LogP contribution < -0.4 is 5.14 Å². The van der Waals surface area contributed by atoms with E-state index in [0.29, 0.717) is 31.1 Å². The van der Waals surface area contributed by atoms with Crippen molar-refractivity contribution in [3.63, 3.8) is 0 Å². The van der Waals surface area contributed by atoms with E-state index in [4.69, 9.17) is 9.88 Å². The predicted octanol–water partition coefficient (Wildman–Crippen LogP) is 0.884. The van der Waals surface area contributed by atoms with Gasteiger partial charge in [-0.3, -0.25) is 4.57 Å². The van der Waals surface area contributed by atoms with Gasteiger partial charge in [0, 0.05) is 25.3 Å². The number of para-hydroxylation sites is 1. The normalized spacial score (nSPS) is 11.7. The molecule has 0 spiro atoms. The minimum Gasteiger partial charge on any atom is -0.382 e. The second-order valence-corrected chi connectivity index (χ2v) is 5.87. The van der Waals surface area contributed by atoms with E-state index in [2.05, 4.69) is 10.2 Å². The fourth-order valence-corrected chi connectivity index (χ4v) is 2.58. The number of benzene rings is 1. The molecule has 2 aromatic rings. The minimum atomic E-state index is -3.94. The Morgan fingerprint density at radius 3 is 2.57 bits per heavy atom. The van der Waals surface area contributed by atoms with E-state index in [1.54, 1.807) is 12.1 Å². The average Bonchev–Trinajstić information content (AvgIpc) is 2.88. The molecule has 7 nitrogen and oxygen atoms in total. The highest BCUT2D eigenvalue weighted by molar-refractivity contribution is 7.89. The lowest BCUT2D eigenvalue weighted by molar-refractivity contribution is 0.144. The van der Waals surface area contributed by atoms with Crippen LogP contribution >= 0.6 is 0 Å². The number of rotatable bonds is 7. The van der Waals surface area contributed by atoms with Crippen molar-refractivity contribution in [3.05, 3.63) is 36.2 Å². The predicted molar refractivity (Wildman–Crippen MR) is 77.5 cm³/mol. The molecule has 0 unspecified atom stereocenters. The number of sulfonamides is 1. The highest BCUT2D eigenvalue weighted by Crippen LogP contribution is 2.16. The lowest BCUT2D eigenvalue weighted by atomic mass is 10.3. The topological polar surface area (TPSA) is 100 Å². The van der Waals surface area contributed by atoms with Gasteiger partial charge in [-0.05, 0) is 25.5 Å². The van der Waals surface area contributed by atoms with Gasteiger partial charge in [-0.2, -0.15) is 0 Å². The fraction of sp³-hybridized carbons (Fsp3) is 0.385. The van der Waals surface area contributed by atoms with Crippen LogP contribution in [0.4, 0.5) is 0 Å². The van der Waals surface area contributed by atoms with Crippen LogP contribution in [0, 0.1) is 0 Å². The summed E-state index contributed by atoms with van der Waals surface area (Å²) in [5.41, 5.74) is 0.665. The lowest BCUT2D eigenvalue weighted by Gasteiger charge is -2.09. The summed E-state index contributed by atoms with van der Waals surface area (Å²) >= 11 is 0. The van der Waals surface area contributed by atoms with Gasteiger partial charge >= 0.3 is 0 Å². The maximum absolute atomic E-state index is 11.6. The average molecular weight is 310 g/mol. The van der Waals surface area contributed by atoms with Crippen LogP contribution in [0.2, 0.25) is 0 Å². The molecule has 8 heteroatoms. The van der Waals surface area contributed by atoms with E-state index >= 15 is 0 Å². The van der Waals surface area contributed by atoms with Crippen molar-refractivity contribution in [2.45, 2.75) is 24.9 Å². The van der Waals surface area contributed by atoms with Gasteiger partial charge in [-0.1, -0.05) is 18.2 Å². The molecule has 0 radical (unpaired) electrons. The van der Waals surface area contributed by atoms with Crippen LogP contribution in [0.3, 0.4) is 0 Å². The third kappa shape index (κ3) is 3.87. The molecule has 0 saturated carbocycles. The third-order valence-electron chi connectivity index (χ3n) is 2.86. The van der Waals surface area contributed by atoms with Crippen molar-refractivity contribution in [1.82, 2.24) is 14.8 Å². The van der Waals surface area contributed by atoms with Gasteiger partial charge in [-0.15, -0.1) is 10.2 Å². The molecule has 0 fully saturated rings. The lowest BCUT2D eigenvalue weighted by Crippen LogP contribution is -2.18. The molecular formula is C13H18N4O3S. The molecule has 0 atom stereocenters. The molecule has 2 rings (SSSR count). The zero-order valence-electron chi connectivity index (χ0n) is 11.8. The maximum atomic E-state index is 11.6. The van der Waals surface area contributed by atoms with Crippen LogP contribution in [0.1, 0.15) is 19.2 Å². The standard InChI is InChI=1S/C13H18N4O3S/c1-2-20-10-6-9-12-15-16-13(21(14,18)19)17(12)11-7-4-3-5-8-11/h3-5,7-8H,2,6,9-10H2,1H3,(H2,14,18,19). The third-order valence-corrected chi connectivity index (χ3v) is 3.64. The van der Waals surface area contributed by atoms with Gasteiger partial charge in [0.15, 0.2) is 0 Å². The Labute approximate surface area is 123 Å². The summed E-state index contributed by atoms with van der Waals surface area (Å²) in [7, 11) is -3.94. The van der Waals surface area contributed by atoms with E-state index in [1.807, 2.05) is 25.1 Å². The number of hydrogen-bond acceptors (Lipinski definition) is 5. The Morgan fingerprint density at radius 1 is 1.24 bits per heavy atom. The van der Waals surface area contributed by atoms with Crippen LogP contribution in [-0.2, 0) is 21.2 Å². The smallest absolute Gasteiger partial charge is 0.274 e. The molecule has 0 bridgehead atoms. The second-order valence-electron chi connectivity index (χ2n) is 4.42. The first-order valence-corrected chi connectivity index (χ1v) is 8.19. The Bertz CT molecular complexity index is 683. The summed E-state index contributed by atoms with van der Waals surface area (Å²) < 4.78 is 30.0. The van der Waals surface area contributed by atoms with E-state index in [0.717, 1.165) is 6.42 Å². The number of ether oxygens (including phenoxy) is 1. The largest absolute Gasteiger partial charge is 0.382 e. The summed E-state index contributed by atoms with van der Waals surface area (Å²) in [5.74, 6) is 0.546. The molecule has 0 saturated heterocycles. The zero-order chi connectivity index (χ0) is 15.3. The Hall–Kier alpha value is -1.77. The van der Waals surface area contributed by atoms with Gasteiger partial charge < -0.3 is 4.74 Å². The molecule has 1 aromatic carbocycles. The molecule has 0 amide bonds. The van der Waals surface area contributed by atoms with E-state index in [-0.39, 0.29) is 5.16 Å². The molecule has 114 valence electrons. The van der Waals surface area contributed by atoms with Crippen LogP contribution in [0.15, 0.2) is 35.5 Å². The number of aromatic nitrogens is 3. The van der Waals surface area contributed by atoms with Gasteiger partial charge in [-0.25, -0.2) is 13.6 Å². The quantitative estimate of drug-likeness (QED) is 0.765. The molecule has 2 N–H and O–H groups in total. The summed E-state index contributed by atoms with van der Waals surface area (Å²) in [6.07, 6.45) is 1.28. The maximum Gasteiger partial charge on any atom is 0.274 e. The molecule has 21 heavy (non-hydrogen) atoms. The number of nitrogens with two attached hydrogens (primary N) is 1. The first-order valence-electron chi connectivity index (χ1n) is 6.64. The molecule has 0 aliphatic carbocycles. The van der Waals surface area contributed by atoms with Crippen molar-refractivity contribution in [1.29, 1.82) is 0 Å².